The van der Waals surface area contributed by atoms with Gasteiger partial charge in [0, 0.05) is 34.5 Å². The van der Waals surface area contributed by atoms with Crippen LogP contribution in [0.3, 0.4) is 0 Å². The quantitative estimate of drug-likeness (QED) is 0.190. The molecule has 2 heterocycles. The maximum atomic E-state index is 13.7. The van der Waals surface area contributed by atoms with E-state index < -0.39 is 30.1 Å². The molecule has 11 heteroatoms. The Labute approximate surface area is 255 Å². The Balaban J connectivity index is 1.26. The molecule has 1 aromatic heterocycles. The summed E-state index contributed by atoms with van der Waals surface area (Å²) in [6, 6.07) is 22.5. The number of likely N-dealkylation sites (N-methyl/N-ethyl adjacent to an activating group) is 1. The third-order valence-corrected chi connectivity index (χ3v) is 7.79. The number of fused-ring (bicyclic) bond motifs is 1. The lowest BCUT2D eigenvalue weighted by Crippen LogP contribution is -2.47. The van der Waals surface area contributed by atoms with Crippen LogP contribution in [0.2, 0.25) is 0 Å². The van der Waals surface area contributed by atoms with Gasteiger partial charge >= 0.3 is 6.09 Å². The molecule has 3 atom stereocenters. The van der Waals surface area contributed by atoms with Crippen LogP contribution in [0.1, 0.15) is 31.4 Å². The van der Waals surface area contributed by atoms with Gasteiger partial charge in [-0.05, 0) is 81.4 Å². The Morgan fingerprint density at radius 1 is 0.932 bits per heavy atom. The molecule has 4 aromatic rings. The minimum absolute atomic E-state index is 0.0818. The first-order valence-corrected chi connectivity index (χ1v) is 14.5. The van der Waals surface area contributed by atoms with Crippen LogP contribution >= 0.6 is 0 Å². The van der Waals surface area contributed by atoms with Crippen molar-refractivity contribution in [1.82, 2.24) is 20.1 Å². The van der Waals surface area contributed by atoms with Gasteiger partial charge in [0.05, 0.1) is 0 Å². The van der Waals surface area contributed by atoms with Gasteiger partial charge in [0.15, 0.2) is 0 Å². The predicted molar refractivity (Wildman–Crippen MR) is 169 cm³/mol. The van der Waals surface area contributed by atoms with Crippen LogP contribution in [0.15, 0.2) is 78.9 Å². The number of hydrogen-bond acceptors (Lipinski definition) is 5. The average Bonchev–Trinajstić information content (AvgIpc) is 3.65. The fraction of sp³-hybridized carbons (Fsp3) is 0.273. The van der Waals surface area contributed by atoms with Crippen molar-refractivity contribution in [3.63, 3.8) is 0 Å². The van der Waals surface area contributed by atoms with E-state index in [4.69, 9.17) is 5.11 Å². The molecule has 5 N–H and O–H groups in total. The lowest BCUT2D eigenvalue weighted by atomic mass is 10.0. The van der Waals surface area contributed by atoms with Crippen molar-refractivity contribution in [2.24, 2.45) is 0 Å². The molecule has 0 unspecified atom stereocenters. The number of H-pyrrole nitrogens is 1. The van der Waals surface area contributed by atoms with E-state index in [0.29, 0.717) is 24.3 Å². The van der Waals surface area contributed by atoms with Gasteiger partial charge in [-0.25, -0.2) is 4.79 Å². The monoisotopic (exact) mass is 596 g/mol. The fourth-order valence-corrected chi connectivity index (χ4v) is 5.58. The van der Waals surface area contributed by atoms with Gasteiger partial charge in [0.1, 0.15) is 18.1 Å². The largest absolute Gasteiger partial charge is 0.465 e. The molecule has 0 radical (unpaired) electrons. The maximum Gasteiger partial charge on any atom is 0.405 e. The fourth-order valence-electron chi connectivity index (χ4n) is 5.58. The average molecular weight is 597 g/mol. The second-order valence-electron chi connectivity index (χ2n) is 11.2. The van der Waals surface area contributed by atoms with Gasteiger partial charge in [-0.3, -0.25) is 19.3 Å². The number of anilines is 2. The zero-order valence-corrected chi connectivity index (χ0v) is 24.8. The highest BCUT2D eigenvalue weighted by molar-refractivity contribution is 6.00. The summed E-state index contributed by atoms with van der Waals surface area (Å²) in [5.74, 6) is -0.747. The number of aromatic nitrogens is 1. The molecule has 0 aliphatic carbocycles. The molecule has 1 saturated heterocycles. The molecule has 44 heavy (non-hydrogen) atoms. The number of aromatic amines is 1. The lowest BCUT2D eigenvalue weighted by molar-refractivity contribution is -0.140. The van der Waals surface area contributed by atoms with Gasteiger partial charge < -0.3 is 30.9 Å². The van der Waals surface area contributed by atoms with E-state index in [1.54, 1.807) is 17.0 Å². The first-order valence-electron chi connectivity index (χ1n) is 14.5. The zero-order chi connectivity index (χ0) is 31.4. The third-order valence-electron chi connectivity index (χ3n) is 7.79. The Kier molecular flexibility index (Phi) is 8.96. The number of rotatable bonds is 9. The number of hydrogen-bond donors (Lipinski definition) is 5. The molecule has 1 aliphatic heterocycles. The summed E-state index contributed by atoms with van der Waals surface area (Å²) in [6.07, 6.45) is 0.103. The van der Waals surface area contributed by atoms with Crippen LogP contribution in [0, 0.1) is 0 Å². The molecule has 1 aliphatic rings. The molecule has 1 fully saturated rings. The van der Waals surface area contributed by atoms with Crippen LogP contribution in [0.5, 0.6) is 0 Å². The van der Waals surface area contributed by atoms with Crippen molar-refractivity contribution in [2.75, 3.05) is 31.3 Å². The van der Waals surface area contributed by atoms with Crippen LogP contribution in [-0.2, 0) is 14.4 Å². The van der Waals surface area contributed by atoms with Crippen LogP contribution in [-0.4, -0.2) is 76.4 Å². The predicted octanol–water partition coefficient (Wildman–Crippen LogP) is 4.66. The van der Waals surface area contributed by atoms with E-state index in [9.17, 15) is 19.2 Å². The smallest absolute Gasteiger partial charge is 0.405 e. The van der Waals surface area contributed by atoms with E-state index in [1.165, 1.54) is 6.92 Å². The summed E-state index contributed by atoms with van der Waals surface area (Å²) in [7, 11) is 3.74. The van der Waals surface area contributed by atoms with E-state index >= 15 is 0 Å². The Morgan fingerprint density at radius 2 is 1.64 bits per heavy atom. The van der Waals surface area contributed by atoms with Crippen LogP contribution in [0.4, 0.5) is 16.2 Å². The van der Waals surface area contributed by atoms with Gasteiger partial charge in [0.2, 0.25) is 17.7 Å². The number of benzene rings is 3. The number of nitrogens with zero attached hydrogens (tertiary/aromatic N) is 2. The van der Waals surface area contributed by atoms with Crippen molar-refractivity contribution in [2.45, 2.75) is 37.9 Å². The van der Waals surface area contributed by atoms with Crippen molar-refractivity contribution in [3.05, 3.63) is 84.4 Å². The van der Waals surface area contributed by atoms with Crippen molar-refractivity contribution in [1.29, 1.82) is 0 Å². The zero-order valence-electron chi connectivity index (χ0n) is 24.8. The molecular formula is C33H36N6O5. The second kappa shape index (κ2) is 13.0. The van der Waals surface area contributed by atoms with Crippen LogP contribution < -0.4 is 16.0 Å². The second-order valence-corrected chi connectivity index (χ2v) is 11.2. The number of likely N-dealkylation sites (tertiary alicyclic amines) is 1. The Hall–Kier alpha value is -5.16. The van der Waals surface area contributed by atoms with Gasteiger partial charge in [-0.15, -0.1) is 0 Å². The molecule has 3 aromatic carbocycles. The summed E-state index contributed by atoms with van der Waals surface area (Å²) in [5.41, 5.74) is 4.70. The van der Waals surface area contributed by atoms with Crippen LogP contribution in [0.25, 0.3) is 22.2 Å². The molecule has 11 nitrogen and oxygen atoms in total. The first kappa shape index (κ1) is 30.3. The maximum absolute atomic E-state index is 13.7. The first-order chi connectivity index (χ1) is 21.1. The molecule has 228 valence electrons. The highest BCUT2D eigenvalue weighted by atomic mass is 16.4. The molecule has 5 rings (SSSR count). The summed E-state index contributed by atoms with van der Waals surface area (Å²) in [5, 5.41) is 17.5. The number of carbonyl (C=O) groups is 4. The van der Waals surface area contributed by atoms with Crippen molar-refractivity contribution >= 4 is 46.1 Å². The summed E-state index contributed by atoms with van der Waals surface area (Å²) >= 11 is 0. The van der Waals surface area contributed by atoms with Gasteiger partial charge in [0.25, 0.3) is 0 Å². The Morgan fingerprint density at radius 3 is 2.32 bits per heavy atom. The summed E-state index contributed by atoms with van der Waals surface area (Å²) in [6.45, 7) is 2.00. The highest BCUT2D eigenvalue weighted by Crippen LogP contribution is 2.29. The summed E-state index contributed by atoms with van der Waals surface area (Å²) in [4.78, 5) is 57.0. The minimum Gasteiger partial charge on any atom is -0.465 e. The van der Waals surface area contributed by atoms with E-state index in [-0.39, 0.29) is 11.8 Å². The third kappa shape index (κ3) is 6.73. The number of amides is 4. The van der Waals surface area contributed by atoms with Gasteiger partial charge in [-0.2, -0.15) is 0 Å². The molecule has 0 spiro atoms. The SMILES string of the molecule is C[C@@H](NC(=O)O)C(=O)Nc1ccc(-c2cc3cc(NC(=O)[C@H]4CCCN4C(=O)[C@@H](c4ccccc4)N(C)C)ccc3[nH]2)cc1. The number of carboxylic acid groups (broad SMARTS) is 1. The van der Waals surface area contributed by atoms with Crippen molar-refractivity contribution < 1.29 is 24.3 Å². The lowest BCUT2D eigenvalue weighted by Gasteiger charge is -2.31. The van der Waals surface area contributed by atoms with E-state index in [2.05, 4.69) is 20.9 Å². The van der Waals surface area contributed by atoms with E-state index in [1.807, 2.05) is 85.7 Å². The highest BCUT2D eigenvalue weighted by Gasteiger charge is 2.38. The minimum atomic E-state index is -1.27. The van der Waals surface area contributed by atoms with Gasteiger partial charge in [-0.1, -0.05) is 42.5 Å². The summed E-state index contributed by atoms with van der Waals surface area (Å²) < 4.78 is 0. The number of carbonyl (C=O) groups excluding carboxylic acids is 3. The molecular weight excluding hydrogens is 560 g/mol. The normalized spacial score (nSPS) is 16.0. The molecule has 0 bridgehead atoms. The van der Waals surface area contributed by atoms with Crippen molar-refractivity contribution in [3.8, 4) is 11.3 Å². The number of nitrogens with one attached hydrogen (secondary N) is 4. The molecule has 0 saturated carbocycles. The standard InChI is InChI=1S/C33H36N6O5/c1-20(34-33(43)44)30(40)35-24-13-11-21(12-14-24)27-19-23-18-25(15-16-26(23)37-27)36-31(41)28-10-7-17-39(28)32(42)29(38(2)3)22-8-5-4-6-9-22/h4-6,8-9,11-16,18-20,28-29,34,37H,7,10,17H2,1-3H3,(H,35,40)(H,36,41)(H,43,44)/t20-,28-,29-/m1/s1. The topological polar surface area (TPSA) is 147 Å². The van der Waals surface area contributed by atoms with E-state index in [0.717, 1.165) is 34.1 Å². The molecule has 4 amide bonds. The Bertz CT molecular complexity index is 1670.